The third-order valence-electron chi connectivity index (χ3n) is 4.83. The average molecular weight is 276 g/mol. The summed E-state index contributed by atoms with van der Waals surface area (Å²) in [5.74, 6) is 1.16. The molecule has 1 atom stereocenters. The minimum absolute atomic E-state index is 0.266. The van der Waals surface area contributed by atoms with Gasteiger partial charge in [0.25, 0.3) is 0 Å². The summed E-state index contributed by atoms with van der Waals surface area (Å²) in [6, 6.07) is 6.78. The van der Waals surface area contributed by atoms with E-state index in [1.807, 2.05) is 0 Å². The molecule has 1 fully saturated rings. The summed E-state index contributed by atoms with van der Waals surface area (Å²) in [7, 11) is 0. The Kier molecular flexibility index (Phi) is 5.58. The van der Waals surface area contributed by atoms with Gasteiger partial charge in [-0.05, 0) is 74.8 Å². The minimum atomic E-state index is 0.266. The molecule has 0 aromatic heterocycles. The lowest BCUT2D eigenvalue weighted by atomic mass is 9.79. The van der Waals surface area contributed by atoms with Gasteiger partial charge in [-0.1, -0.05) is 18.2 Å². The molecular formula is C17H28N2O. The van der Waals surface area contributed by atoms with Crippen molar-refractivity contribution in [2.24, 2.45) is 11.7 Å². The van der Waals surface area contributed by atoms with Crippen molar-refractivity contribution in [1.82, 2.24) is 4.90 Å². The normalized spacial score (nSPS) is 19.2. The van der Waals surface area contributed by atoms with Crippen LogP contribution < -0.4 is 5.73 Å². The summed E-state index contributed by atoms with van der Waals surface area (Å²) < 4.78 is 0. The molecule has 1 heterocycles. The van der Waals surface area contributed by atoms with Crippen LogP contribution in [-0.2, 0) is 0 Å². The maximum Gasteiger partial charge on any atom is 0.0558 e. The molecule has 1 saturated heterocycles. The Morgan fingerprint density at radius 2 is 1.95 bits per heavy atom. The fraction of sp³-hybridized carbons (Fsp3) is 0.647. The second kappa shape index (κ2) is 7.21. The zero-order valence-corrected chi connectivity index (χ0v) is 12.8. The number of β-amino-alcohol motifs (C(OH)–C–C–N with tert-alkyl or cyclic N) is 1. The number of likely N-dealkylation sites (tertiary alicyclic amines) is 1. The van der Waals surface area contributed by atoms with Crippen molar-refractivity contribution in [3.63, 3.8) is 0 Å². The van der Waals surface area contributed by atoms with E-state index < -0.39 is 0 Å². The first-order chi connectivity index (χ1) is 9.65. The second-order valence-electron chi connectivity index (χ2n) is 6.09. The monoisotopic (exact) mass is 276 g/mol. The van der Waals surface area contributed by atoms with Gasteiger partial charge in [-0.2, -0.15) is 0 Å². The fourth-order valence-corrected chi connectivity index (χ4v) is 3.32. The van der Waals surface area contributed by atoms with Crippen LogP contribution >= 0.6 is 0 Å². The van der Waals surface area contributed by atoms with Gasteiger partial charge in [-0.15, -0.1) is 0 Å². The van der Waals surface area contributed by atoms with Crippen LogP contribution in [0.4, 0.5) is 0 Å². The Hall–Kier alpha value is -0.900. The summed E-state index contributed by atoms with van der Waals surface area (Å²) in [6.07, 6.45) is 2.38. The molecule has 3 nitrogen and oxygen atoms in total. The van der Waals surface area contributed by atoms with Crippen molar-refractivity contribution in [1.29, 1.82) is 0 Å². The molecule has 0 saturated carbocycles. The van der Waals surface area contributed by atoms with Crippen LogP contribution in [0.1, 0.15) is 35.4 Å². The maximum absolute atomic E-state index is 9.01. The SMILES string of the molecule is Cc1ccc(C(CN)C2CCN(CCO)CC2)cc1C. The smallest absolute Gasteiger partial charge is 0.0558 e. The molecule has 2 rings (SSSR count). The van der Waals surface area contributed by atoms with E-state index in [9.17, 15) is 0 Å². The molecule has 1 unspecified atom stereocenters. The number of hydrogen-bond acceptors (Lipinski definition) is 3. The number of piperidine rings is 1. The lowest BCUT2D eigenvalue weighted by molar-refractivity contribution is 0.138. The van der Waals surface area contributed by atoms with E-state index >= 15 is 0 Å². The zero-order valence-electron chi connectivity index (χ0n) is 12.8. The van der Waals surface area contributed by atoms with Crippen LogP contribution in [0, 0.1) is 19.8 Å². The van der Waals surface area contributed by atoms with Crippen molar-refractivity contribution in [2.75, 3.05) is 32.8 Å². The zero-order chi connectivity index (χ0) is 14.5. The first-order valence-electron chi connectivity index (χ1n) is 7.76. The first-order valence-corrected chi connectivity index (χ1v) is 7.76. The number of nitrogens with two attached hydrogens (primary N) is 1. The van der Waals surface area contributed by atoms with E-state index in [-0.39, 0.29) is 6.61 Å². The van der Waals surface area contributed by atoms with E-state index in [1.54, 1.807) is 0 Å². The van der Waals surface area contributed by atoms with Crippen LogP contribution in [0.5, 0.6) is 0 Å². The fourth-order valence-electron chi connectivity index (χ4n) is 3.32. The first kappa shape index (κ1) is 15.5. The molecule has 3 N–H and O–H groups in total. The van der Waals surface area contributed by atoms with Gasteiger partial charge in [-0.25, -0.2) is 0 Å². The van der Waals surface area contributed by atoms with E-state index in [4.69, 9.17) is 10.8 Å². The van der Waals surface area contributed by atoms with Crippen LogP contribution in [0.25, 0.3) is 0 Å². The number of aliphatic hydroxyl groups excluding tert-OH is 1. The molecule has 0 amide bonds. The Morgan fingerprint density at radius 1 is 1.25 bits per heavy atom. The molecule has 0 bridgehead atoms. The predicted octanol–water partition coefficient (Wildman–Crippen LogP) is 2.05. The van der Waals surface area contributed by atoms with E-state index in [2.05, 4.69) is 36.9 Å². The molecule has 0 aliphatic carbocycles. The van der Waals surface area contributed by atoms with Crippen molar-refractivity contribution in [2.45, 2.75) is 32.6 Å². The van der Waals surface area contributed by atoms with Crippen LogP contribution in [0.2, 0.25) is 0 Å². The second-order valence-corrected chi connectivity index (χ2v) is 6.09. The number of benzene rings is 1. The standard InChI is InChI=1S/C17H28N2O/c1-13-3-4-16(11-14(13)2)17(12-18)15-5-7-19(8-6-15)9-10-20/h3-4,11,15,17,20H,5-10,12,18H2,1-2H3. The number of aryl methyl sites for hydroxylation is 2. The molecule has 20 heavy (non-hydrogen) atoms. The highest BCUT2D eigenvalue weighted by molar-refractivity contribution is 5.32. The van der Waals surface area contributed by atoms with Crippen LogP contribution in [0.15, 0.2) is 18.2 Å². The Labute approximate surface area is 122 Å². The van der Waals surface area contributed by atoms with Crippen LogP contribution in [-0.4, -0.2) is 42.8 Å². The molecule has 1 aromatic rings. The topological polar surface area (TPSA) is 49.5 Å². The van der Waals surface area contributed by atoms with Crippen molar-refractivity contribution < 1.29 is 5.11 Å². The van der Waals surface area contributed by atoms with Gasteiger partial charge in [0.2, 0.25) is 0 Å². The predicted molar refractivity (Wildman–Crippen MR) is 84.0 cm³/mol. The Morgan fingerprint density at radius 3 is 2.50 bits per heavy atom. The van der Waals surface area contributed by atoms with E-state index in [0.717, 1.165) is 26.2 Å². The third-order valence-corrected chi connectivity index (χ3v) is 4.83. The number of aliphatic hydroxyl groups is 1. The summed E-state index contributed by atoms with van der Waals surface area (Å²) in [5, 5.41) is 9.01. The summed E-state index contributed by atoms with van der Waals surface area (Å²) in [5.41, 5.74) is 10.2. The van der Waals surface area contributed by atoms with Gasteiger partial charge in [0.15, 0.2) is 0 Å². The molecule has 0 radical (unpaired) electrons. The summed E-state index contributed by atoms with van der Waals surface area (Å²) in [4.78, 5) is 2.35. The van der Waals surface area contributed by atoms with Gasteiger partial charge < -0.3 is 15.7 Å². The average Bonchev–Trinajstić information content (AvgIpc) is 2.46. The quantitative estimate of drug-likeness (QED) is 0.865. The highest BCUT2D eigenvalue weighted by Crippen LogP contribution is 2.32. The number of hydrogen-bond donors (Lipinski definition) is 2. The lowest BCUT2D eigenvalue weighted by Gasteiger charge is -2.35. The van der Waals surface area contributed by atoms with Gasteiger partial charge in [0, 0.05) is 6.54 Å². The highest BCUT2D eigenvalue weighted by Gasteiger charge is 2.26. The lowest BCUT2D eigenvalue weighted by Crippen LogP contribution is -2.38. The summed E-state index contributed by atoms with van der Waals surface area (Å²) >= 11 is 0. The van der Waals surface area contributed by atoms with Crippen molar-refractivity contribution in [3.05, 3.63) is 34.9 Å². The van der Waals surface area contributed by atoms with E-state index in [1.165, 1.54) is 29.5 Å². The number of rotatable bonds is 5. The Balaban J connectivity index is 2.03. The van der Waals surface area contributed by atoms with Crippen LogP contribution in [0.3, 0.4) is 0 Å². The van der Waals surface area contributed by atoms with Crippen molar-refractivity contribution >= 4 is 0 Å². The molecular weight excluding hydrogens is 248 g/mol. The highest BCUT2D eigenvalue weighted by atomic mass is 16.3. The van der Waals surface area contributed by atoms with Gasteiger partial charge in [-0.3, -0.25) is 0 Å². The molecule has 0 spiro atoms. The molecule has 1 aliphatic rings. The van der Waals surface area contributed by atoms with E-state index in [0.29, 0.717) is 11.8 Å². The Bertz CT molecular complexity index is 425. The largest absolute Gasteiger partial charge is 0.395 e. The summed E-state index contributed by atoms with van der Waals surface area (Å²) in [6.45, 7) is 8.32. The molecule has 112 valence electrons. The van der Waals surface area contributed by atoms with Crippen molar-refractivity contribution in [3.8, 4) is 0 Å². The minimum Gasteiger partial charge on any atom is -0.395 e. The van der Waals surface area contributed by atoms with Gasteiger partial charge in [0.1, 0.15) is 0 Å². The third kappa shape index (κ3) is 3.60. The number of nitrogens with zero attached hydrogens (tertiary/aromatic N) is 1. The maximum atomic E-state index is 9.01. The van der Waals surface area contributed by atoms with Gasteiger partial charge in [0.05, 0.1) is 6.61 Å². The molecule has 3 heteroatoms. The molecule has 1 aliphatic heterocycles. The van der Waals surface area contributed by atoms with Gasteiger partial charge >= 0.3 is 0 Å². The molecule has 1 aromatic carbocycles.